The second-order valence-corrected chi connectivity index (χ2v) is 37.5. The molecule has 0 spiro atoms. The first-order valence-electron chi connectivity index (χ1n) is 48.2. The summed E-state index contributed by atoms with van der Waals surface area (Å²) < 4.78 is 18.0. The summed E-state index contributed by atoms with van der Waals surface area (Å²) in [7, 11) is 8.61. The van der Waals surface area contributed by atoms with Crippen LogP contribution in [0.4, 0.5) is 0 Å². The summed E-state index contributed by atoms with van der Waals surface area (Å²) in [6.07, 6.45) is 35.7. The molecule has 8 nitrogen and oxygen atoms in total. The minimum absolute atomic E-state index is 0.549. The Bertz CT molecular complexity index is 7260. The predicted molar refractivity (Wildman–Crippen MR) is 546 cm³/mol. The van der Waals surface area contributed by atoms with Gasteiger partial charge in [-0.25, -0.2) is 4.57 Å². The molecule has 131 heavy (non-hydrogen) atoms. The molecule has 0 radical (unpaired) electrons. The molecule has 3 aliphatic rings. The first-order chi connectivity index (χ1) is 64.3. The van der Waals surface area contributed by atoms with E-state index in [0.717, 1.165) is 33.2 Å². The van der Waals surface area contributed by atoms with Gasteiger partial charge in [-0.1, -0.05) is 197 Å². The van der Waals surface area contributed by atoms with Crippen molar-refractivity contribution >= 4 is 43.1 Å². The van der Waals surface area contributed by atoms with Gasteiger partial charge in [-0.05, 0) is 311 Å². The van der Waals surface area contributed by atoms with E-state index in [1.165, 1.54) is 280 Å². The molecule has 8 heteroatoms. The Morgan fingerprint density at radius 3 is 1.01 bits per heavy atom. The molecular formula is C123H124N8+4. The molecule has 0 saturated heterocycles. The Morgan fingerprint density at radius 2 is 0.588 bits per heavy atom. The number of benzene rings is 10. The third-order valence-corrected chi connectivity index (χ3v) is 29.1. The fraction of sp³-hybridized carbons (Fsp3) is 0.252. The predicted octanol–water partition coefficient (Wildman–Crippen LogP) is 29.8. The highest BCUT2D eigenvalue weighted by atomic mass is 15.0. The van der Waals surface area contributed by atoms with Crippen molar-refractivity contribution in [2.75, 3.05) is 0 Å². The lowest BCUT2D eigenvalue weighted by molar-refractivity contribution is -0.665. The number of rotatable bonds is 13. The summed E-state index contributed by atoms with van der Waals surface area (Å²) in [5.74, 6) is 2.05. The van der Waals surface area contributed by atoms with Crippen molar-refractivity contribution in [3.05, 3.63) is 384 Å². The van der Waals surface area contributed by atoms with Crippen LogP contribution in [0.25, 0.3) is 155 Å². The first-order valence-corrected chi connectivity index (χ1v) is 47.7. The zero-order valence-electron chi connectivity index (χ0n) is 79.9. The maximum absolute atomic E-state index is 8.89. The number of aromatic nitrogens is 8. The normalized spacial score (nSPS) is 13.9. The van der Waals surface area contributed by atoms with E-state index in [0.29, 0.717) is 23.9 Å². The highest BCUT2D eigenvalue weighted by molar-refractivity contribution is 6.01. The van der Waals surface area contributed by atoms with E-state index in [4.69, 9.17) is 1.37 Å². The molecule has 3 fully saturated rings. The molecule has 10 aromatic carbocycles. The van der Waals surface area contributed by atoms with E-state index in [9.17, 15) is 0 Å². The van der Waals surface area contributed by atoms with Gasteiger partial charge in [0.15, 0.2) is 23.3 Å². The topological polar surface area (TPSA) is 67.1 Å². The smallest absolute Gasteiger partial charge is 0.220 e. The van der Waals surface area contributed by atoms with Crippen molar-refractivity contribution in [3.8, 4) is 112 Å². The number of pyridine rings is 8. The van der Waals surface area contributed by atoms with Gasteiger partial charge in [-0.3, -0.25) is 19.9 Å². The van der Waals surface area contributed by atoms with Gasteiger partial charge in [-0.15, -0.1) is 0 Å². The Hall–Kier alpha value is -13.6. The summed E-state index contributed by atoms with van der Waals surface area (Å²) in [5.41, 5.74) is 41.1. The van der Waals surface area contributed by atoms with Crippen molar-refractivity contribution in [1.29, 1.82) is 0 Å². The molecule has 3 aliphatic carbocycles. The van der Waals surface area contributed by atoms with E-state index in [2.05, 4.69) is 359 Å². The van der Waals surface area contributed by atoms with Gasteiger partial charge in [0.25, 0.3) is 0 Å². The van der Waals surface area contributed by atoms with Crippen molar-refractivity contribution in [2.24, 2.45) is 28.2 Å². The summed E-state index contributed by atoms with van der Waals surface area (Å²) >= 11 is 0. The average Bonchev–Trinajstić information content (AvgIpc) is 0.765. The molecule has 0 amide bonds. The van der Waals surface area contributed by atoms with Crippen molar-refractivity contribution < 1.29 is 19.6 Å². The third-order valence-electron chi connectivity index (χ3n) is 29.1. The van der Waals surface area contributed by atoms with Crippen LogP contribution >= 0.6 is 0 Å². The second-order valence-electron chi connectivity index (χ2n) is 37.5. The van der Waals surface area contributed by atoms with E-state index in [-0.39, 0.29) is 0 Å². The van der Waals surface area contributed by atoms with E-state index in [1.54, 1.807) is 5.56 Å². The lowest BCUT2D eigenvalue weighted by atomic mass is 9.76. The SMILES string of the molecule is Cc1cc(-c2ccccc2)cc(-c2c3ccc(-c4cccnc4)cc3cc(C)[n+]2C)c1C.Cc1cc(C2CCCCC2)cc(-c2c3ccc(-c4cccnc4)cc3cc(C)[n+]2C)c1C.Cc1ccc(-c2ccccc2)cc1-c1c2ccc(-c3cccnc3)cc2cc(C)[n+]1C.[2H]c1cc2cc(-c3cccnc3)ccc2c(-c2cc(C3CCCCC3)cc(C3CCCCC3)c2C)[n+]1C. The van der Waals surface area contributed by atoms with Gasteiger partial charge in [0.05, 0.1) is 43.8 Å². The highest BCUT2D eigenvalue weighted by Crippen LogP contribution is 2.46. The first kappa shape index (κ1) is 86.8. The summed E-state index contributed by atoms with van der Waals surface area (Å²) in [6.45, 7) is 20.1. The largest absolute Gasteiger partial charge is 0.264 e. The molecule has 0 aliphatic heterocycles. The standard InChI is InChI=1S/C34H39N2.C30H33N2.C30H27N2.C29H25N2/c1-24-32(26-12-7-4-8-13-26)21-30(25-10-5-3-6-11-25)22-33(24)34-31-16-15-27(29-14-9-18-35-23-29)20-28(31)17-19-36(34)2;2*1-20-15-26(23-9-6-5-7-10-23)18-29(22(20)3)30-28-13-12-24(25-11-8-14-31-19-25)17-27(28)16-21(2)32(30)4;1-20-11-12-24(22-8-5-4-6-9-22)18-28(20)29-27-14-13-23(25-10-7-15-30-19-25)17-26(27)16-21(2)31(29)3/h9,14-23,25-26H,3-8,10-13H2,1-2H3;8,11-19,23H,5-7,9-10H2,1-4H3;5-19H,1-4H3;4-19H,1-3H3/q4*+1/i19D;;;. The quantitative estimate of drug-likeness (QED) is 0.108. The van der Waals surface area contributed by atoms with Crippen LogP contribution in [0.1, 0.15) is 183 Å². The van der Waals surface area contributed by atoms with Gasteiger partial charge < -0.3 is 0 Å². The maximum atomic E-state index is 8.89. The molecule has 3 saturated carbocycles. The lowest BCUT2D eigenvalue weighted by Crippen LogP contribution is -2.35. The fourth-order valence-corrected chi connectivity index (χ4v) is 21.1. The van der Waals surface area contributed by atoms with Crippen molar-refractivity contribution in [1.82, 2.24) is 19.9 Å². The highest BCUT2D eigenvalue weighted by Gasteiger charge is 2.31. The number of nitrogens with zero attached hydrogens (tertiary/aromatic N) is 8. The number of hydrogen-bond acceptors (Lipinski definition) is 4. The zero-order valence-corrected chi connectivity index (χ0v) is 78.9. The van der Waals surface area contributed by atoms with E-state index < -0.39 is 0 Å². The monoisotopic (exact) mass is 1710 g/mol. The Kier molecular flexibility index (Phi) is 26.1. The van der Waals surface area contributed by atoms with Crippen LogP contribution in [0.15, 0.2) is 317 Å². The van der Waals surface area contributed by atoms with Gasteiger partial charge >= 0.3 is 0 Å². The summed E-state index contributed by atoms with van der Waals surface area (Å²) in [6, 6.07) is 95.1. The molecule has 0 N–H and O–H groups in total. The van der Waals surface area contributed by atoms with Crippen LogP contribution in [0, 0.1) is 62.3 Å². The minimum atomic E-state index is 0.549. The Morgan fingerprint density at radius 1 is 0.252 bits per heavy atom. The molecule has 8 aromatic heterocycles. The lowest BCUT2D eigenvalue weighted by Gasteiger charge is -2.28. The van der Waals surface area contributed by atoms with Crippen LogP contribution in [0.5, 0.6) is 0 Å². The molecule has 8 heterocycles. The maximum Gasteiger partial charge on any atom is 0.220 e. The van der Waals surface area contributed by atoms with Crippen molar-refractivity contribution in [2.45, 2.75) is 176 Å². The van der Waals surface area contributed by atoms with Gasteiger partial charge in [0, 0.05) is 117 Å². The summed E-state index contributed by atoms with van der Waals surface area (Å²) in [4.78, 5) is 17.2. The zero-order chi connectivity index (χ0) is 91.2. The second kappa shape index (κ2) is 39.4. The van der Waals surface area contributed by atoms with Crippen LogP contribution < -0.4 is 18.3 Å². The van der Waals surface area contributed by atoms with Gasteiger partial charge in [-0.2, -0.15) is 13.7 Å². The number of fused-ring (bicyclic) bond motifs is 4. The Labute approximate surface area is 777 Å². The summed E-state index contributed by atoms with van der Waals surface area (Å²) in [5, 5.41) is 9.97. The van der Waals surface area contributed by atoms with Crippen LogP contribution in [0.2, 0.25) is 0 Å². The van der Waals surface area contributed by atoms with Gasteiger partial charge in [0.2, 0.25) is 22.8 Å². The third kappa shape index (κ3) is 18.8. The Balaban J connectivity index is 0.000000118. The number of hydrogen-bond donors (Lipinski definition) is 0. The average molecular weight is 1720 g/mol. The van der Waals surface area contributed by atoms with Crippen LogP contribution in [0.3, 0.4) is 0 Å². The molecule has 0 bridgehead atoms. The molecule has 0 atom stereocenters. The van der Waals surface area contributed by atoms with E-state index >= 15 is 0 Å². The minimum Gasteiger partial charge on any atom is -0.264 e. The van der Waals surface area contributed by atoms with E-state index in [1.807, 2.05) is 79.9 Å². The molecule has 21 rings (SSSR count). The fourth-order valence-electron chi connectivity index (χ4n) is 21.1. The molecule has 652 valence electrons. The molecule has 18 aromatic rings. The number of aryl methyl sites for hydroxylation is 6. The van der Waals surface area contributed by atoms with Crippen LogP contribution in [-0.4, -0.2) is 19.9 Å². The van der Waals surface area contributed by atoms with Crippen molar-refractivity contribution in [3.63, 3.8) is 0 Å². The molecular weight excluding hydrogens is 1590 g/mol. The molecule has 0 unspecified atom stereocenters. The van der Waals surface area contributed by atoms with Gasteiger partial charge in [0.1, 0.15) is 29.6 Å². The van der Waals surface area contributed by atoms with Crippen LogP contribution in [-0.2, 0) is 28.2 Å².